The average Bonchev–Trinajstić information content (AvgIpc) is 3.53. The summed E-state index contributed by atoms with van der Waals surface area (Å²) >= 11 is 0. The number of rotatable bonds is 4. The zero-order valence-corrected chi connectivity index (χ0v) is 24.3. The highest BCUT2D eigenvalue weighted by atomic mass is 16.3. The average molecular weight is 577 g/mol. The molecule has 210 valence electrons. The van der Waals surface area contributed by atoms with Gasteiger partial charge in [-0.25, -0.2) is 0 Å². The maximum Gasteiger partial charge on any atom is 0.143 e. The van der Waals surface area contributed by atoms with Crippen molar-refractivity contribution in [2.45, 2.75) is 0 Å². The molecule has 0 N–H and O–H groups in total. The molecule has 0 bridgehead atoms. The van der Waals surface area contributed by atoms with Crippen molar-refractivity contribution >= 4 is 43.5 Å². The van der Waals surface area contributed by atoms with Gasteiger partial charge in [-0.05, 0) is 78.7 Å². The first-order valence-corrected chi connectivity index (χ1v) is 15.1. The quantitative estimate of drug-likeness (QED) is 0.190. The first-order valence-electron chi connectivity index (χ1n) is 17.1. The predicted octanol–water partition coefficient (Wildman–Crippen LogP) is 12.6. The minimum absolute atomic E-state index is 0.0777. The molecule has 45 heavy (non-hydrogen) atoms. The van der Waals surface area contributed by atoms with Gasteiger partial charge in [-0.1, -0.05) is 152 Å². The fourth-order valence-corrected chi connectivity index (χ4v) is 6.79. The van der Waals surface area contributed by atoms with Gasteiger partial charge < -0.3 is 4.42 Å². The summed E-state index contributed by atoms with van der Waals surface area (Å²) in [6.07, 6.45) is 0. The molecule has 0 fully saturated rings. The Kier molecular flexibility index (Phi) is 5.00. The molecule has 0 saturated heterocycles. The van der Waals surface area contributed by atoms with Crippen LogP contribution >= 0.6 is 0 Å². The lowest BCUT2D eigenvalue weighted by molar-refractivity contribution is 0.670. The highest BCUT2D eigenvalue weighted by Gasteiger charge is 2.22. The van der Waals surface area contributed by atoms with Gasteiger partial charge in [0.1, 0.15) is 11.2 Å². The Morgan fingerprint density at radius 2 is 0.911 bits per heavy atom. The van der Waals surface area contributed by atoms with Crippen LogP contribution in [-0.4, -0.2) is 0 Å². The third-order valence-electron chi connectivity index (χ3n) is 8.75. The maximum absolute atomic E-state index is 9.52. The summed E-state index contributed by atoms with van der Waals surface area (Å²) in [5.41, 5.74) is 7.86. The third kappa shape index (κ3) is 4.09. The van der Waals surface area contributed by atoms with E-state index in [2.05, 4.69) is 42.5 Å². The minimum atomic E-state index is -0.191. The van der Waals surface area contributed by atoms with E-state index in [1.165, 1.54) is 0 Å². The van der Waals surface area contributed by atoms with E-state index in [0.29, 0.717) is 16.7 Å². The van der Waals surface area contributed by atoms with E-state index in [1.807, 2.05) is 103 Å². The predicted molar refractivity (Wildman–Crippen MR) is 190 cm³/mol. The Bertz CT molecular complexity index is 2690. The number of benzene rings is 8. The van der Waals surface area contributed by atoms with E-state index in [4.69, 9.17) is 7.16 Å². The monoisotopic (exact) mass is 576 g/mol. The molecule has 0 atom stereocenters. The van der Waals surface area contributed by atoms with Gasteiger partial charge in [0.2, 0.25) is 0 Å². The van der Waals surface area contributed by atoms with Crippen molar-refractivity contribution in [1.29, 1.82) is 0 Å². The van der Waals surface area contributed by atoms with E-state index < -0.39 is 0 Å². The minimum Gasteiger partial charge on any atom is -0.455 e. The molecule has 0 unspecified atom stereocenters. The van der Waals surface area contributed by atoms with Crippen molar-refractivity contribution in [3.63, 3.8) is 0 Å². The number of para-hydroxylation sites is 1. The van der Waals surface area contributed by atoms with Crippen LogP contribution in [0.5, 0.6) is 0 Å². The zero-order chi connectivity index (χ0) is 33.2. The summed E-state index contributed by atoms with van der Waals surface area (Å²) < 4.78 is 43.1. The van der Waals surface area contributed by atoms with Gasteiger partial charge >= 0.3 is 0 Å². The molecule has 9 rings (SSSR count). The molecule has 9 aromatic rings. The fraction of sp³-hybridized carbons (Fsp3) is 0. The van der Waals surface area contributed by atoms with Crippen LogP contribution in [0.2, 0.25) is 0 Å². The highest BCUT2D eigenvalue weighted by molar-refractivity contribution is 6.24. The Labute approximate surface area is 267 Å². The first kappa shape index (κ1) is 21.7. The fourth-order valence-electron chi connectivity index (χ4n) is 6.79. The van der Waals surface area contributed by atoms with Gasteiger partial charge in [0.05, 0.1) is 5.48 Å². The lowest BCUT2D eigenvalue weighted by atomic mass is 9.83. The summed E-state index contributed by atoms with van der Waals surface area (Å²) in [7, 11) is 0. The van der Waals surface area contributed by atoms with E-state index in [0.717, 1.165) is 71.3 Å². The van der Waals surface area contributed by atoms with Gasteiger partial charge in [0.25, 0.3) is 0 Å². The van der Waals surface area contributed by atoms with Crippen molar-refractivity contribution < 1.29 is 9.90 Å². The normalized spacial score (nSPS) is 12.8. The summed E-state index contributed by atoms with van der Waals surface area (Å²) in [5.74, 6) is 0. The van der Waals surface area contributed by atoms with Gasteiger partial charge in [0, 0.05) is 16.3 Å². The van der Waals surface area contributed by atoms with E-state index in [9.17, 15) is 2.74 Å². The Hall–Kier alpha value is -5.92. The largest absolute Gasteiger partial charge is 0.455 e. The summed E-state index contributed by atoms with van der Waals surface area (Å²) in [6.45, 7) is 0. The number of furan rings is 1. The molecule has 0 saturated carbocycles. The van der Waals surface area contributed by atoms with Crippen LogP contribution < -0.4 is 0 Å². The Morgan fingerprint density at radius 1 is 0.378 bits per heavy atom. The molecule has 1 aromatic heterocycles. The van der Waals surface area contributed by atoms with Gasteiger partial charge in [-0.3, -0.25) is 0 Å². The molecule has 8 aromatic carbocycles. The second kappa shape index (κ2) is 10.4. The second-order valence-electron chi connectivity index (χ2n) is 11.3. The zero-order valence-electron chi connectivity index (χ0n) is 28.3. The van der Waals surface area contributed by atoms with Gasteiger partial charge in [-0.2, -0.15) is 0 Å². The Balaban J connectivity index is 1.44. The van der Waals surface area contributed by atoms with Crippen LogP contribution in [0.15, 0.2) is 174 Å². The summed E-state index contributed by atoms with van der Waals surface area (Å²) in [4.78, 5) is 0. The smallest absolute Gasteiger partial charge is 0.143 e. The molecule has 0 radical (unpaired) electrons. The standard InChI is InChI=1S/C44H28O/c1-3-14-29(15-4-1)31-18-13-19-32(28-31)41-34-21-7-9-23-36(34)43(37-24-10-8-22-35(37)41)39-27-26-38-33-20-11-12-25-40(33)45-44(38)42(39)30-16-5-2-6-17-30/h1-28H/i13D,18D,19D,28D. The van der Waals surface area contributed by atoms with Crippen molar-refractivity contribution in [3.05, 3.63) is 170 Å². The molecular weight excluding hydrogens is 544 g/mol. The second-order valence-corrected chi connectivity index (χ2v) is 11.3. The lowest BCUT2D eigenvalue weighted by Gasteiger charge is -2.20. The molecule has 0 aliphatic heterocycles. The van der Waals surface area contributed by atoms with E-state index in [-0.39, 0.29) is 24.2 Å². The third-order valence-corrected chi connectivity index (χ3v) is 8.75. The lowest BCUT2D eigenvalue weighted by Crippen LogP contribution is -1.93. The molecule has 0 spiro atoms. The molecule has 0 amide bonds. The summed E-state index contributed by atoms with van der Waals surface area (Å²) in [6, 6.07) is 48.1. The molecule has 1 heterocycles. The van der Waals surface area contributed by atoms with Crippen molar-refractivity contribution in [1.82, 2.24) is 0 Å². The number of hydrogen-bond donors (Lipinski definition) is 0. The highest BCUT2D eigenvalue weighted by Crippen LogP contribution is 2.49. The van der Waals surface area contributed by atoms with Crippen LogP contribution in [0.4, 0.5) is 0 Å². The van der Waals surface area contributed by atoms with E-state index in [1.54, 1.807) is 0 Å². The van der Waals surface area contributed by atoms with Gasteiger partial charge in [-0.15, -0.1) is 0 Å². The molecule has 1 nitrogen and oxygen atoms in total. The van der Waals surface area contributed by atoms with Crippen LogP contribution in [0.3, 0.4) is 0 Å². The van der Waals surface area contributed by atoms with E-state index >= 15 is 0 Å². The first-order chi connectivity index (χ1) is 24.0. The molecular formula is C44H28O. The molecule has 0 aliphatic rings. The van der Waals surface area contributed by atoms with Crippen molar-refractivity contribution in [2.24, 2.45) is 0 Å². The molecule has 0 aliphatic carbocycles. The topological polar surface area (TPSA) is 13.1 Å². The Morgan fingerprint density at radius 3 is 1.58 bits per heavy atom. The maximum atomic E-state index is 9.52. The molecule has 1 heteroatoms. The summed E-state index contributed by atoms with van der Waals surface area (Å²) in [5, 5.41) is 5.79. The number of hydrogen-bond acceptors (Lipinski definition) is 1. The van der Waals surface area contributed by atoms with Crippen LogP contribution in [0.25, 0.3) is 88.0 Å². The van der Waals surface area contributed by atoms with Crippen LogP contribution in [-0.2, 0) is 0 Å². The SMILES string of the molecule is [2H]c1c([2H])c(-c2ccccc2)c([2H])c(-c2c3ccccc3c(-c3ccc4c(oc5ccccc54)c3-c3ccccc3)c3ccccc23)c1[2H]. The van der Waals surface area contributed by atoms with Gasteiger partial charge in [0.15, 0.2) is 0 Å². The van der Waals surface area contributed by atoms with Crippen LogP contribution in [0.1, 0.15) is 5.48 Å². The van der Waals surface area contributed by atoms with Crippen LogP contribution in [0, 0.1) is 0 Å². The van der Waals surface area contributed by atoms with Crippen molar-refractivity contribution in [2.75, 3.05) is 0 Å². The van der Waals surface area contributed by atoms with Crippen molar-refractivity contribution in [3.8, 4) is 44.5 Å². The number of fused-ring (bicyclic) bond motifs is 5.